The summed E-state index contributed by atoms with van der Waals surface area (Å²) in [4.78, 5) is 4.15. The molecule has 0 radical (unpaired) electrons. The molecule has 0 saturated heterocycles. The first-order valence-electron chi connectivity index (χ1n) is 6.01. The number of hydrogen-bond acceptors (Lipinski definition) is 3. The molecule has 1 aromatic carbocycles. The third kappa shape index (κ3) is 2.15. The summed E-state index contributed by atoms with van der Waals surface area (Å²) in [5, 5.41) is 14.6. The van der Waals surface area contributed by atoms with Crippen molar-refractivity contribution in [1.29, 1.82) is 0 Å². The van der Waals surface area contributed by atoms with E-state index in [0.717, 1.165) is 11.3 Å². The maximum atomic E-state index is 10.3. The van der Waals surface area contributed by atoms with Crippen LogP contribution in [-0.2, 0) is 7.05 Å². The standard InChI is InChI=1S/C14H14N4O/c1-17-8-7-15-14(17)13(19)11-9-16-18(10-11)12-5-3-2-4-6-12/h2-10,13,19H,1H3. The van der Waals surface area contributed by atoms with E-state index in [1.807, 2.05) is 43.6 Å². The molecule has 19 heavy (non-hydrogen) atoms. The van der Waals surface area contributed by atoms with Gasteiger partial charge in [-0.2, -0.15) is 5.10 Å². The van der Waals surface area contributed by atoms with Crippen molar-refractivity contribution in [3.8, 4) is 5.69 Å². The van der Waals surface area contributed by atoms with Gasteiger partial charge in [0.1, 0.15) is 11.9 Å². The lowest BCUT2D eigenvalue weighted by Crippen LogP contribution is -2.06. The third-order valence-corrected chi connectivity index (χ3v) is 3.04. The van der Waals surface area contributed by atoms with Gasteiger partial charge in [0.05, 0.1) is 11.9 Å². The van der Waals surface area contributed by atoms with E-state index in [-0.39, 0.29) is 0 Å². The minimum atomic E-state index is -0.766. The van der Waals surface area contributed by atoms with Gasteiger partial charge in [0, 0.05) is 31.2 Å². The van der Waals surface area contributed by atoms with E-state index in [0.29, 0.717) is 5.82 Å². The van der Waals surface area contributed by atoms with Gasteiger partial charge in [0.15, 0.2) is 0 Å². The van der Waals surface area contributed by atoms with Gasteiger partial charge in [-0.05, 0) is 12.1 Å². The van der Waals surface area contributed by atoms with E-state index in [1.54, 1.807) is 27.8 Å². The fourth-order valence-electron chi connectivity index (χ4n) is 1.99. The minimum absolute atomic E-state index is 0.604. The van der Waals surface area contributed by atoms with Crippen LogP contribution < -0.4 is 0 Å². The summed E-state index contributed by atoms with van der Waals surface area (Å²) < 4.78 is 3.53. The van der Waals surface area contributed by atoms with E-state index < -0.39 is 6.10 Å². The smallest absolute Gasteiger partial charge is 0.142 e. The van der Waals surface area contributed by atoms with Crippen LogP contribution >= 0.6 is 0 Å². The second-order valence-electron chi connectivity index (χ2n) is 4.35. The summed E-state index contributed by atoms with van der Waals surface area (Å²) in [5.74, 6) is 0.604. The van der Waals surface area contributed by atoms with Crippen molar-refractivity contribution in [3.05, 3.63) is 66.5 Å². The van der Waals surface area contributed by atoms with Crippen LogP contribution in [0.3, 0.4) is 0 Å². The summed E-state index contributed by atoms with van der Waals surface area (Å²) in [6.45, 7) is 0. The molecular formula is C14H14N4O. The van der Waals surface area contributed by atoms with E-state index in [2.05, 4.69) is 10.1 Å². The molecule has 0 aliphatic rings. The highest BCUT2D eigenvalue weighted by Gasteiger charge is 2.16. The van der Waals surface area contributed by atoms with Crippen LogP contribution in [0.2, 0.25) is 0 Å². The third-order valence-electron chi connectivity index (χ3n) is 3.04. The zero-order chi connectivity index (χ0) is 13.2. The van der Waals surface area contributed by atoms with Gasteiger partial charge in [0.25, 0.3) is 0 Å². The molecule has 3 aromatic rings. The molecule has 0 amide bonds. The first-order valence-corrected chi connectivity index (χ1v) is 6.01. The van der Waals surface area contributed by atoms with E-state index in [4.69, 9.17) is 0 Å². The molecular weight excluding hydrogens is 240 g/mol. The summed E-state index contributed by atoms with van der Waals surface area (Å²) in [6, 6.07) is 9.78. The van der Waals surface area contributed by atoms with E-state index in [9.17, 15) is 5.11 Å². The fraction of sp³-hybridized carbons (Fsp3) is 0.143. The quantitative estimate of drug-likeness (QED) is 0.773. The lowest BCUT2D eigenvalue weighted by Gasteiger charge is -2.07. The number of aliphatic hydroxyl groups excluding tert-OH is 1. The van der Waals surface area contributed by atoms with Crippen molar-refractivity contribution in [2.45, 2.75) is 6.10 Å². The van der Waals surface area contributed by atoms with E-state index in [1.165, 1.54) is 0 Å². The van der Waals surface area contributed by atoms with Gasteiger partial charge < -0.3 is 9.67 Å². The maximum Gasteiger partial charge on any atom is 0.142 e. The van der Waals surface area contributed by atoms with Gasteiger partial charge in [-0.25, -0.2) is 9.67 Å². The van der Waals surface area contributed by atoms with Crippen LogP contribution in [0.1, 0.15) is 17.5 Å². The number of benzene rings is 1. The van der Waals surface area contributed by atoms with Gasteiger partial charge >= 0.3 is 0 Å². The normalized spacial score (nSPS) is 12.5. The molecule has 0 aliphatic carbocycles. The lowest BCUT2D eigenvalue weighted by molar-refractivity contribution is 0.206. The van der Waals surface area contributed by atoms with Gasteiger partial charge in [-0.3, -0.25) is 0 Å². The predicted molar refractivity (Wildman–Crippen MR) is 70.8 cm³/mol. The molecule has 0 saturated carbocycles. The topological polar surface area (TPSA) is 55.9 Å². The summed E-state index contributed by atoms with van der Waals surface area (Å²) in [5.41, 5.74) is 1.68. The van der Waals surface area contributed by atoms with Crippen molar-refractivity contribution in [1.82, 2.24) is 19.3 Å². The van der Waals surface area contributed by atoms with Crippen LogP contribution in [0.15, 0.2) is 55.1 Å². The number of hydrogen-bond donors (Lipinski definition) is 1. The molecule has 0 aliphatic heterocycles. The number of imidazole rings is 1. The molecule has 5 nitrogen and oxygen atoms in total. The van der Waals surface area contributed by atoms with Crippen molar-refractivity contribution < 1.29 is 5.11 Å². The van der Waals surface area contributed by atoms with Crippen LogP contribution in [0.25, 0.3) is 5.69 Å². The second-order valence-corrected chi connectivity index (χ2v) is 4.35. The molecule has 0 spiro atoms. The number of aromatic nitrogens is 4. The average Bonchev–Trinajstić information content (AvgIpc) is 3.08. The number of aryl methyl sites for hydroxylation is 1. The highest BCUT2D eigenvalue weighted by atomic mass is 16.3. The van der Waals surface area contributed by atoms with Crippen molar-refractivity contribution in [2.24, 2.45) is 7.05 Å². The van der Waals surface area contributed by atoms with Crippen LogP contribution in [-0.4, -0.2) is 24.4 Å². The molecule has 1 N–H and O–H groups in total. The summed E-state index contributed by atoms with van der Waals surface area (Å²) in [6.07, 6.45) is 6.18. The van der Waals surface area contributed by atoms with Gasteiger partial charge in [0.2, 0.25) is 0 Å². The monoisotopic (exact) mass is 254 g/mol. The molecule has 1 unspecified atom stereocenters. The number of para-hydroxylation sites is 1. The number of rotatable bonds is 3. The molecule has 96 valence electrons. The highest BCUT2D eigenvalue weighted by Crippen LogP contribution is 2.20. The minimum Gasteiger partial charge on any atom is -0.380 e. The lowest BCUT2D eigenvalue weighted by atomic mass is 10.2. The average molecular weight is 254 g/mol. The fourth-order valence-corrected chi connectivity index (χ4v) is 1.99. The Kier molecular flexibility index (Phi) is 2.89. The van der Waals surface area contributed by atoms with Gasteiger partial charge in [-0.15, -0.1) is 0 Å². The molecule has 0 fully saturated rings. The first-order chi connectivity index (χ1) is 9.25. The molecule has 2 heterocycles. The second kappa shape index (κ2) is 4.70. The zero-order valence-corrected chi connectivity index (χ0v) is 10.5. The molecule has 5 heteroatoms. The maximum absolute atomic E-state index is 10.3. The Balaban J connectivity index is 1.92. The van der Waals surface area contributed by atoms with Crippen LogP contribution in [0.4, 0.5) is 0 Å². The predicted octanol–water partition coefficient (Wildman–Crippen LogP) is 1.69. The Labute approximate surface area is 110 Å². The highest BCUT2D eigenvalue weighted by molar-refractivity contribution is 5.32. The largest absolute Gasteiger partial charge is 0.380 e. The van der Waals surface area contributed by atoms with Crippen molar-refractivity contribution >= 4 is 0 Å². The van der Waals surface area contributed by atoms with Crippen molar-refractivity contribution in [3.63, 3.8) is 0 Å². The van der Waals surface area contributed by atoms with E-state index >= 15 is 0 Å². The Bertz CT molecular complexity index is 672. The van der Waals surface area contributed by atoms with Crippen molar-refractivity contribution in [2.75, 3.05) is 0 Å². The van der Waals surface area contributed by atoms with Crippen LogP contribution in [0, 0.1) is 0 Å². The van der Waals surface area contributed by atoms with Crippen LogP contribution in [0.5, 0.6) is 0 Å². The zero-order valence-electron chi connectivity index (χ0n) is 10.5. The summed E-state index contributed by atoms with van der Waals surface area (Å²) >= 11 is 0. The number of nitrogens with zero attached hydrogens (tertiary/aromatic N) is 4. The summed E-state index contributed by atoms with van der Waals surface area (Å²) in [7, 11) is 1.85. The Morgan fingerprint density at radius 1 is 1.21 bits per heavy atom. The molecule has 3 rings (SSSR count). The molecule has 2 aromatic heterocycles. The Morgan fingerprint density at radius 3 is 2.68 bits per heavy atom. The number of aliphatic hydroxyl groups is 1. The Morgan fingerprint density at radius 2 is 2.00 bits per heavy atom. The Hall–Kier alpha value is -2.40. The molecule has 1 atom stereocenters. The van der Waals surface area contributed by atoms with Gasteiger partial charge in [-0.1, -0.05) is 18.2 Å². The SMILES string of the molecule is Cn1ccnc1C(O)c1cnn(-c2ccccc2)c1. The molecule has 0 bridgehead atoms. The first kappa shape index (κ1) is 11.7.